The van der Waals surface area contributed by atoms with Gasteiger partial charge in [-0.15, -0.1) is 11.3 Å². The molecule has 0 unspecified atom stereocenters. The van der Waals surface area contributed by atoms with E-state index in [4.69, 9.17) is 4.74 Å². The van der Waals surface area contributed by atoms with Gasteiger partial charge in [0.05, 0.1) is 16.1 Å². The molecule has 0 spiro atoms. The molecule has 1 aromatic carbocycles. The number of thiophene rings is 1. The highest BCUT2D eigenvalue weighted by molar-refractivity contribution is 7.10. The first-order chi connectivity index (χ1) is 9.44. The third-order valence-corrected chi connectivity index (χ3v) is 3.94. The van der Waals surface area contributed by atoms with Gasteiger partial charge in [-0.25, -0.2) is 4.79 Å². The number of hydrogen-bond acceptors (Lipinski definition) is 4. The van der Waals surface area contributed by atoms with Crippen LogP contribution in [0.2, 0.25) is 0 Å². The second kappa shape index (κ2) is 4.24. The fourth-order valence-electron chi connectivity index (χ4n) is 2.04. The molecule has 0 saturated carbocycles. The van der Waals surface area contributed by atoms with E-state index < -0.39 is 17.9 Å². The van der Waals surface area contributed by atoms with E-state index in [1.165, 1.54) is 29.6 Å². The number of halogens is 3. The number of cyclic esters (lactones) is 1. The third-order valence-electron chi connectivity index (χ3n) is 2.97. The fourth-order valence-corrected chi connectivity index (χ4v) is 2.87. The lowest BCUT2D eigenvalue weighted by Crippen LogP contribution is -2.54. The van der Waals surface area contributed by atoms with Gasteiger partial charge in [0.15, 0.2) is 0 Å². The van der Waals surface area contributed by atoms with Crippen molar-refractivity contribution in [2.24, 2.45) is 0 Å². The molecule has 0 fully saturated rings. The zero-order chi connectivity index (χ0) is 14.4. The van der Waals surface area contributed by atoms with E-state index in [9.17, 15) is 18.0 Å². The summed E-state index contributed by atoms with van der Waals surface area (Å²) in [5.74, 6) is -0.995. The highest BCUT2D eigenvalue weighted by Crippen LogP contribution is 2.47. The quantitative estimate of drug-likeness (QED) is 0.815. The Balaban J connectivity index is 2.18. The Labute approximate surface area is 116 Å². The second-order valence-electron chi connectivity index (χ2n) is 4.22. The van der Waals surface area contributed by atoms with Gasteiger partial charge >= 0.3 is 17.9 Å². The molecule has 2 aromatic rings. The topological polar surface area (TPSA) is 38.3 Å². The van der Waals surface area contributed by atoms with Crippen molar-refractivity contribution in [3.8, 4) is 0 Å². The minimum absolute atomic E-state index is 0.0870. The lowest BCUT2D eigenvalue weighted by Gasteiger charge is -2.39. The van der Waals surface area contributed by atoms with Crippen LogP contribution in [0.4, 0.5) is 18.9 Å². The standard InChI is InChI=1S/C13H8F3NO2S/c14-13(15,16)12(10-6-3-7-20-10)17-9-5-2-1-4-8(9)11(18)19-12/h1-7,17H/t12-/m0/s1. The van der Waals surface area contributed by atoms with Gasteiger partial charge in [-0.1, -0.05) is 18.2 Å². The van der Waals surface area contributed by atoms with Gasteiger partial charge in [-0.3, -0.25) is 0 Å². The lowest BCUT2D eigenvalue weighted by molar-refractivity contribution is -0.253. The molecule has 1 atom stereocenters. The average molecular weight is 299 g/mol. The number of alkyl halides is 3. The molecule has 3 nitrogen and oxygen atoms in total. The van der Waals surface area contributed by atoms with Crippen molar-refractivity contribution in [2.45, 2.75) is 11.9 Å². The van der Waals surface area contributed by atoms with Crippen LogP contribution in [0, 0.1) is 0 Å². The molecule has 7 heteroatoms. The van der Waals surface area contributed by atoms with Crippen molar-refractivity contribution in [1.82, 2.24) is 0 Å². The van der Waals surface area contributed by atoms with Crippen LogP contribution < -0.4 is 5.32 Å². The lowest BCUT2D eigenvalue weighted by atomic mass is 10.0. The average Bonchev–Trinajstić information content (AvgIpc) is 2.91. The molecule has 0 saturated heterocycles. The molecule has 104 valence electrons. The van der Waals surface area contributed by atoms with Crippen LogP contribution in [0.25, 0.3) is 0 Å². The third kappa shape index (κ3) is 1.77. The van der Waals surface area contributed by atoms with Crippen molar-refractivity contribution >= 4 is 23.0 Å². The molecule has 0 amide bonds. The molecule has 1 aliphatic heterocycles. The van der Waals surface area contributed by atoms with Crippen LogP contribution in [0.5, 0.6) is 0 Å². The maximum Gasteiger partial charge on any atom is 0.454 e. The Morgan fingerprint density at radius 1 is 1.15 bits per heavy atom. The van der Waals surface area contributed by atoms with Crippen LogP contribution in [0.1, 0.15) is 15.2 Å². The molecule has 0 radical (unpaired) electrons. The highest BCUT2D eigenvalue weighted by atomic mass is 32.1. The van der Waals surface area contributed by atoms with E-state index in [0.29, 0.717) is 0 Å². The van der Waals surface area contributed by atoms with Gasteiger partial charge in [0.25, 0.3) is 0 Å². The first-order valence-electron chi connectivity index (χ1n) is 5.65. The fraction of sp³-hybridized carbons (Fsp3) is 0.154. The molecule has 1 N–H and O–H groups in total. The molecule has 20 heavy (non-hydrogen) atoms. The second-order valence-corrected chi connectivity index (χ2v) is 5.16. The van der Waals surface area contributed by atoms with Crippen LogP contribution in [0.15, 0.2) is 41.8 Å². The highest BCUT2D eigenvalue weighted by Gasteiger charge is 2.62. The van der Waals surface area contributed by atoms with Crippen molar-refractivity contribution in [2.75, 3.05) is 5.32 Å². The largest absolute Gasteiger partial charge is 0.454 e. The maximum atomic E-state index is 13.5. The first-order valence-corrected chi connectivity index (χ1v) is 6.53. The molecule has 0 bridgehead atoms. The smallest absolute Gasteiger partial charge is 0.420 e. The number of rotatable bonds is 1. The number of benzene rings is 1. The van der Waals surface area contributed by atoms with Gasteiger partial charge < -0.3 is 10.1 Å². The number of anilines is 1. The summed E-state index contributed by atoms with van der Waals surface area (Å²) in [6, 6.07) is 8.71. The summed E-state index contributed by atoms with van der Waals surface area (Å²) in [5, 5.41) is 3.82. The molecule has 2 heterocycles. The molecule has 0 aliphatic carbocycles. The minimum Gasteiger partial charge on any atom is -0.420 e. The van der Waals surface area contributed by atoms with Gasteiger partial charge in [0, 0.05) is 0 Å². The predicted octanol–water partition coefficient (Wildman–Crippen LogP) is 3.75. The molecule has 1 aliphatic rings. The van der Waals surface area contributed by atoms with Crippen molar-refractivity contribution in [1.29, 1.82) is 0 Å². The summed E-state index contributed by atoms with van der Waals surface area (Å²) in [6.45, 7) is 0. The molecule has 1 aromatic heterocycles. The predicted molar refractivity (Wildman–Crippen MR) is 67.5 cm³/mol. The van der Waals surface area contributed by atoms with Crippen molar-refractivity contribution < 1.29 is 22.7 Å². The monoisotopic (exact) mass is 299 g/mol. The summed E-state index contributed by atoms with van der Waals surface area (Å²) in [5.41, 5.74) is -2.63. The minimum atomic E-state index is -4.78. The molecular weight excluding hydrogens is 291 g/mol. The van der Waals surface area contributed by atoms with Gasteiger partial charge in [0.1, 0.15) is 0 Å². The summed E-state index contributed by atoms with van der Waals surface area (Å²) in [6.07, 6.45) is -4.78. The maximum absolute atomic E-state index is 13.5. The number of para-hydroxylation sites is 1. The number of nitrogens with one attached hydrogen (secondary N) is 1. The molecule has 3 rings (SSSR count). The number of ether oxygens (including phenoxy) is 1. The number of esters is 1. The van der Waals surface area contributed by atoms with E-state index in [1.54, 1.807) is 12.1 Å². The van der Waals surface area contributed by atoms with Crippen LogP contribution in [-0.4, -0.2) is 12.1 Å². The summed E-state index contributed by atoms with van der Waals surface area (Å²) >= 11 is 0.872. The van der Waals surface area contributed by atoms with Gasteiger partial charge in [0.2, 0.25) is 0 Å². The number of carbonyl (C=O) groups is 1. The Morgan fingerprint density at radius 2 is 1.90 bits per heavy atom. The summed E-state index contributed by atoms with van der Waals surface area (Å²) < 4.78 is 45.2. The molecular formula is C13H8F3NO2S. The van der Waals surface area contributed by atoms with Crippen molar-refractivity contribution in [3.05, 3.63) is 52.2 Å². The number of fused-ring (bicyclic) bond motifs is 1. The number of hydrogen-bond donors (Lipinski definition) is 1. The number of carbonyl (C=O) groups excluding carboxylic acids is 1. The van der Waals surface area contributed by atoms with Crippen LogP contribution >= 0.6 is 11.3 Å². The Kier molecular flexibility index (Phi) is 2.75. The SMILES string of the molecule is O=C1O[C@@](c2cccs2)(C(F)(F)F)Nc2ccccc21. The Bertz CT molecular complexity index is 654. The zero-order valence-corrected chi connectivity index (χ0v) is 10.7. The van der Waals surface area contributed by atoms with E-state index >= 15 is 0 Å². The Morgan fingerprint density at radius 3 is 2.55 bits per heavy atom. The normalized spacial score (nSPS) is 21.9. The van der Waals surface area contributed by atoms with Gasteiger partial charge in [-0.2, -0.15) is 13.2 Å². The van der Waals surface area contributed by atoms with Gasteiger partial charge in [-0.05, 0) is 23.6 Å². The van der Waals surface area contributed by atoms with E-state index in [0.717, 1.165) is 11.3 Å². The zero-order valence-electron chi connectivity index (χ0n) is 9.90. The Hall–Kier alpha value is -2.02. The van der Waals surface area contributed by atoms with E-state index in [-0.39, 0.29) is 16.1 Å². The van der Waals surface area contributed by atoms with Crippen molar-refractivity contribution in [3.63, 3.8) is 0 Å². The van der Waals surface area contributed by atoms with Crippen LogP contribution in [-0.2, 0) is 10.5 Å². The van der Waals surface area contributed by atoms with Crippen LogP contribution in [0.3, 0.4) is 0 Å². The van der Waals surface area contributed by atoms with E-state index in [2.05, 4.69) is 5.32 Å². The summed E-state index contributed by atoms with van der Waals surface area (Å²) in [4.78, 5) is 11.8. The van der Waals surface area contributed by atoms with E-state index in [1.807, 2.05) is 0 Å². The summed E-state index contributed by atoms with van der Waals surface area (Å²) in [7, 11) is 0. The first kappa shape index (κ1) is 13.0.